The quantitative estimate of drug-likeness (QED) is 0.551. The van der Waals surface area contributed by atoms with Gasteiger partial charge in [0.15, 0.2) is 5.78 Å². The van der Waals surface area contributed by atoms with E-state index in [2.05, 4.69) is 61.2 Å². The van der Waals surface area contributed by atoms with E-state index in [0.29, 0.717) is 18.1 Å². The molecule has 142 valence electrons. The molecule has 4 rings (SSSR count). The van der Waals surface area contributed by atoms with E-state index in [0.717, 1.165) is 31.3 Å². The summed E-state index contributed by atoms with van der Waals surface area (Å²) in [6.45, 7) is 6.97. The van der Waals surface area contributed by atoms with Gasteiger partial charge >= 0.3 is 0 Å². The molecule has 2 nitrogen and oxygen atoms in total. The van der Waals surface area contributed by atoms with Crippen LogP contribution in [0.2, 0.25) is 0 Å². The van der Waals surface area contributed by atoms with Crippen LogP contribution in [0, 0.1) is 5.41 Å². The van der Waals surface area contributed by atoms with Crippen molar-refractivity contribution in [1.29, 1.82) is 0 Å². The van der Waals surface area contributed by atoms with E-state index < -0.39 is 0 Å². The number of ketones is 1. The number of benzene rings is 1. The minimum Gasteiger partial charge on any atom is -0.325 e. The predicted octanol–water partition coefficient (Wildman–Crippen LogP) is 7.30. The lowest BCUT2D eigenvalue weighted by atomic mass is 9.72. The molecule has 1 aromatic carbocycles. The van der Waals surface area contributed by atoms with Crippen LogP contribution in [0.25, 0.3) is 5.57 Å². The topological polar surface area (TPSA) is 29.1 Å². The van der Waals surface area contributed by atoms with Crippen molar-refractivity contribution in [1.82, 2.24) is 0 Å². The minimum absolute atomic E-state index is 0.0528. The summed E-state index contributed by atoms with van der Waals surface area (Å²) in [7, 11) is 0. The second-order valence-electron chi connectivity index (χ2n) is 8.38. The zero-order chi connectivity index (χ0) is 19.0. The van der Waals surface area contributed by atoms with Crippen LogP contribution in [0.3, 0.4) is 0 Å². The van der Waals surface area contributed by atoms with Crippen LogP contribution in [0.15, 0.2) is 45.5 Å². The summed E-state index contributed by atoms with van der Waals surface area (Å²) in [6, 6.07) is 10.8. The Morgan fingerprint density at radius 2 is 1.93 bits per heavy atom. The van der Waals surface area contributed by atoms with Crippen molar-refractivity contribution in [3.63, 3.8) is 0 Å². The Morgan fingerprint density at radius 3 is 2.70 bits per heavy atom. The third kappa shape index (κ3) is 3.62. The lowest BCUT2D eigenvalue weighted by Crippen LogP contribution is -2.22. The molecule has 0 spiro atoms. The zero-order valence-corrected chi connectivity index (χ0v) is 17.9. The highest BCUT2D eigenvalue weighted by molar-refractivity contribution is 8.02. The van der Waals surface area contributed by atoms with Gasteiger partial charge in [-0.05, 0) is 88.8 Å². The van der Waals surface area contributed by atoms with Gasteiger partial charge in [0.1, 0.15) is 0 Å². The van der Waals surface area contributed by atoms with Gasteiger partial charge in [0.05, 0.1) is 4.21 Å². The summed E-state index contributed by atoms with van der Waals surface area (Å²) in [6.07, 6.45) is 4.75. The van der Waals surface area contributed by atoms with Gasteiger partial charge in [0.2, 0.25) is 0 Å². The van der Waals surface area contributed by atoms with Crippen molar-refractivity contribution in [3.8, 4) is 0 Å². The maximum atomic E-state index is 12.9. The molecule has 2 aliphatic rings. The molecule has 2 aliphatic carbocycles. The number of rotatable bonds is 3. The highest BCUT2D eigenvalue weighted by Gasteiger charge is 2.38. The molecule has 0 saturated heterocycles. The number of allylic oxidation sites excluding steroid dienone is 2. The monoisotopic (exact) mass is 397 g/mol. The number of hydrogen-bond acceptors (Lipinski definition) is 4. The first kappa shape index (κ1) is 18.8. The number of fused-ring (bicyclic) bond motifs is 2. The molecule has 1 aromatic heterocycles. The maximum Gasteiger partial charge on any atom is 0.159 e. The van der Waals surface area contributed by atoms with Gasteiger partial charge in [-0.1, -0.05) is 39.0 Å². The predicted molar refractivity (Wildman–Crippen MR) is 117 cm³/mol. The zero-order valence-electron chi connectivity index (χ0n) is 16.3. The lowest BCUT2D eigenvalue weighted by molar-refractivity contribution is -0.115. The number of anilines is 1. The summed E-state index contributed by atoms with van der Waals surface area (Å²) in [4.78, 5) is 12.9. The first-order chi connectivity index (χ1) is 13.0. The van der Waals surface area contributed by atoms with Gasteiger partial charge in [-0.15, -0.1) is 11.3 Å². The standard InChI is InChI=1S/C23H27NOS2/c1-15-22-17(9-6-10-19(22)24-27-21-12-7-13-26-21)16-8-4-5-11-20(25)18(16)14-23(15,2)3/h6-7,9-10,12-13,15,24H,4-5,8,11,14H2,1-3H3. The van der Waals surface area contributed by atoms with Gasteiger partial charge in [-0.2, -0.15) is 0 Å². The Labute approximate surface area is 170 Å². The molecular weight excluding hydrogens is 370 g/mol. The molecule has 1 unspecified atom stereocenters. The smallest absolute Gasteiger partial charge is 0.159 e. The summed E-state index contributed by atoms with van der Waals surface area (Å²) in [5, 5.41) is 2.11. The summed E-state index contributed by atoms with van der Waals surface area (Å²) < 4.78 is 4.87. The van der Waals surface area contributed by atoms with Crippen molar-refractivity contribution < 1.29 is 4.79 Å². The van der Waals surface area contributed by atoms with Crippen LogP contribution in [-0.2, 0) is 4.79 Å². The molecule has 0 fully saturated rings. The van der Waals surface area contributed by atoms with Crippen LogP contribution in [-0.4, -0.2) is 5.78 Å². The molecule has 1 atom stereocenters. The third-order valence-corrected chi connectivity index (χ3v) is 8.07. The normalized spacial score (nSPS) is 21.9. The number of Topliss-reactive ketones (excluding diaryl/α,β-unsaturated/α-hetero) is 1. The van der Waals surface area contributed by atoms with Crippen LogP contribution in [0.4, 0.5) is 5.69 Å². The molecule has 4 heteroatoms. The first-order valence-corrected chi connectivity index (χ1v) is 11.5. The average Bonchev–Trinajstić information content (AvgIpc) is 3.08. The molecule has 0 amide bonds. The van der Waals surface area contributed by atoms with E-state index in [-0.39, 0.29) is 5.41 Å². The molecule has 27 heavy (non-hydrogen) atoms. The summed E-state index contributed by atoms with van der Waals surface area (Å²) >= 11 is 3.43. The maximum absolute atomic E-state index is 12.9. The number of carbonyl (C=O) groups is 1. The van der Waals surface area contributed by atoms with Crippen molar-refractivity contribution in [2.75, 3.05) is 4.72 Å². The second kappa shape index (κ2) is 7.48. The summed E-state index contributed by atoms with van der Waals surface area (Å²) in [5.41, 5.74) is 6.34. The van der Waals surface area contributed by atoms with Gasteiger partial charge in [0.25, 0.3) is 0 Å². The van der Waals surface area contributed by atoms with E-state index in [4.69, 9.17) is 0 Å². The molecule has 0 aliphatic heterocycles. The Morgan fingerprint density at radius 1 is 1.11 bits per heavy atom. The van der Waals surface area contributed by atoms with E-state index in [1.54, 1.807) is 23.3 Å². The summed E-state index contributed by atoms with van der Waals surface area (Å²) in [5.74, 6) is 0.752. The SMILES string of the molecule is CC1c2c(NSc3cccs3)cccc2C2=C(CC1(C)C)C(=O)CCCC2. The number of nitrogens with one attached hydrogen (secondary N) is 1. The van der Waals surface area contributed by atoms with E-state index in [1.807, 2.05) is 0 Å². The highest BCUT2D eigenvalue weighted by atomic mass is 32.2. The Hall–Kier alpha value is -1.52. The molecule has 2 aromatic rings. The van der Waals surface area contributed by atoms with Gasteiger partial charge in [-0.25, -0.2) is 0 Å². The average molecular weight is 398 g/mol. The van der Waals surface area contributed by atoms with E-state index in [9.17, 15) is 4.79 Å². The number of hydrogen-bond donors (Lipinski definition) is 1. The lowest BCUT2D eigenvalue weighted by Gasteiger charge is -2.33. The fraction of sp³-hybridized carbons (Fsp3) is 0.435. The molecule has 0 saturated carbocycles. The van der Waals surface area contributed by atoms with Crippen molar-refractivity contribution in [2.24, 2.45) is 5.41 Å². The fourth-order valence-electron chi connectivity index (χ4n) is 4.37. The van der Waals surface area contributed by atoms with Crippen LogP contribution in [0.5, 0.6) is 0 Å². The first-order valence-electron chi connectivity index (χ1n) is 9.82. The Kier molecular flexibility index (Phi) is 5.21. The van der Waals surface area contributed by atoms with Crippen molar-refractivity contribution in [3.05, 3.63) is 52.4 Å². The second-order valence-corrected chi connectivity index (χ2v) is 10.4. The fourth-order valence-corrected chi connectivity index (χ4v) is 5.84. The Balaban J connectivity index is 1.82. The largest absolute Gasteiger partial charge is 0.325 e. The van der Waals surface area contributed by atoms with E-state index >= 15 is 0 Å². The minimum atomic E-state index is 0.0528. The van der Waals surface area contributed by atoms with Gasteiger partial charge in [-0.3, -0.25) is 4.79 Å². The van der Waals surface area contributed by atoms with Crippen LogP contribution >= 0.6 is 23.3 Å². The van der Waals surface area contributed by atoms with Crippen LogP contribution in [0.1, 0.15) is 69.9 Å². The van der Waals surface area contributed by atoms with Crippen molar-refractivity contribution in [2.45, 2.75) is 63.0 Å². The molecular formula is C23H27NOS2. The molecule has 1 heterocycles. The van der Waals surface area contributed by atoms with Crippen molar-refractivity contribution >= 4 is 40.3 Å². The highest BCUT2D eigenvalue weighted by Crippen LogP contribution is 2.51. The van der Waals surface area contributed by atoms with E-state index in [1.165, 1.54) is 26.6 Å². The Bertz CT molecular complexity index is 880. The molecule has 1 N–H and O–H groups in total. The molecule has 0 bridgehead atoms. The molecule has 0 radical (unpaired) electrons. The third-order valence-electron chi connectivity index (χ3n) is 6.21. The van der Waals surface area contributed by atoms with Gasteiger partial charge < -0.3 is 4.72 Å². The van der Waals surface area contributed by atoms with Crippen LogP contribution < -0.4 is 4.72 Å². The van der Waals surface area contributed by atoms with Gasteiger partial charge in [0, 0.05) is 12.1 Å². The number of carbonyl (C=O) groups excluding carboxylic acids is 1. The number of thiophene rings is 1.